The fourth-order valence-corrected chi connectivity index (χ4v) is 5.73. The van der Waals surface area contributed by atoms with Crippen LogP contribution in [0.15, 0.2) is 58.5 Å². The lowest BCUT2D eigenvalue weighted by molar-refractivity contribution is -0.141. The summed E-state index contributed by atoms with van der Waals surface area (Å²) in [7, 11) is -3.99. The molecule has 2 aromatic rings. The van der Waals surface area contributed by atoms with E-state index in [9.17, 15) is 13.2 Å². The van der Waals surface area contributed by atoms with Gasteiger partial charge in [0.15, 0.2) is 0 Å². The van der Waals surface area contributed by atoms with Gasteiger partial charge in [0.2, 0.25) is 5.91 Å². The van der Waals surface area contributed by atoms with Gasteiger partial charge in [-0.25, -0.2) is 5.01 Å². The lowest BCUT2D eigenvalue weighted by atomic mass is 9.87. The van der Waals surface area contributed by atoms with Crippen LogP contribution in [-0.2, 0) is 30.3 Å². The molecule has 6 nitrogen and oxygen atoms in total. The van der Waals surface area contributed by atoms with Crippen molar-refractivity contribution in [2.24, 2.45) is 11.0 Å². The zero-order valence-corrected chi connectivity index (χ0v) is 23.2. The summed E-state index contributed by atoms with van der Waals surface area (Å²) >= 11 is 1.57. The predicted molar refractivity (Wildman–Crippen MR) is 143 cm³/mol. The van der Waals surface area contributed by atoms with Gasteiger partial charge in [-0.1, -0.05) is 62.7 Å². The summed E-state index contributed by atoms with van der Waals surface area (Å²) in [6.07, 6.45) is 1.74. The fraction of sp³-hybridized carbons (Fsp3) is 0.481. The van der Waals surface area contributed by atoms with Crippen LogP contribution >= 0.6 is 11.8 Å². The lowest BCUT2D eigenvalue weighted by Gasteiger charge is -2.38. The molecule has 0 spiro atoms. The molecule has 2 aromatic carbocycles. The van der Waals surface area contributed by atoms with Gasteiger partial charge in [0.25, 0.3) is 10.1 Å². The molecule has 1 aliphatic rings. The van der Waals surface area contributed by atoms with Crippen LogP contribution < -0.4 is 0 Å². The third kappa shape index (κ3) is 6.96. The second kappa shape index (κ2) is 10.4. The lowest BCUT2D eigenvalue weighted by Crippen LogP contribution is -2.51. The molecule has 35 heavy (non-hydrogen) atoms. The zero-order valence-electron chi connectivity index (χ0n) is 21.6. The number of hydrogen-bond acceptors (Lipinski definition) is 6. The van der Waals surface area contributed by atoms with E-state index in [0.29, 0.717) is 5.75 Å². The van der Waals surface area contributed by atoms with Gasteiger partial charge in [-0.05, 0) is 56.4 Å². The van der Waals surface area contributed by atoms with E-state index in [1.165, 1.54) is 22.7 Å². The Morgan fingerprint density at radius 3 is 2.11 bits per heavy atom. The van der Waals surface area contributed by atoms with Crippen LogP contribution in [0.4, 0.5) is 0 Å². The molecule has 0 aromatic heterocycles. The number of rotatable bonds is 7. The molecule has 3 rings (SSSR count). The maximum atomic E-state index is 13.4. The summed E-state index contributed by atoms with van der Waals surface area (Å²) in [5.74, 6) is -0.240. The summed E-state index contributed by atoms with van der Waals surface area (Å²) in [4.78, 5) is 13.5. The fourth-order valence-electron chi connectivity index (χ4n) is 3.65. The van der Waals surface area contributed by atoms with Crippen LogP contribution in [0.25, 0.3) is 0 Å². The van der Waals surface area contributed by atoms with Crippen molar-refractivity contribution in [1.29, 1.82) is 0 Å². The van der Waals surface area contributed by atoms with Crippen LogP contribution in [0, 0.1) is 12.8 Å². The molecular formula is C27H36N2O4S2. The van der Waals surface area contributed by atoms with Gasteiger partial charge < -0.3 is 0 Å². The minimum Gasteiger partial charge on any atom is -0.272 e. The van der Waals surface area contributed by atoms with Gasteiger partial charge in [-0.3, -0.25) is 8.98 Å². The summed E-state index contributed by atoms with van der Waals surface area (Å²) in [6.45, 7) is 13.9. The average molecular weight is 517 g/mol. The van der Waals surface area contributed by atoms with E-state index in [1.807, 2.05) is 27.7 Å². The number of carbonyl (C=O) groups is 1. The molecule has 8 heteroatoms. The monoisotopic (exact) mass is 516 g/mol. The number of thioether (sulfide) groups is 1. The molecule has 1 amide bonds. The summed E-state index contributed by atoms with van der Waals surface area (Å²) in [5, 5.41) is 5.53. The van der Waals surface area contributed by atoms with E-state index in [1.54, 1.807) is 30.1 Å². The second-order valence-corrected chi connectivity index (χ2v) is 13.7. The first kappa shape index (κ1) is 27.4. The Bertz CT molecular complexity index is 1160. The minimum absolute atomic E-state index is 0.0793. The first-order chi connectivity index (χ1) is 16.2. The van der Waals surface area contributed by atoms with Crippen molar-refractivity contribution in [3.63, 3.8) is 0 Å². The third-order valence-corrected chi connectivity index (χ3v) is 8.49. The van der Waals surface area contributed by atoms with Crippen LogP contribution in [0.1, 0.15) is 58.2 Å². The van der Waals surface area contributed by atoms with E-state index >= 15 is 0 Å². The van der Waals surface area contributed by atoms with Gasteiger partial charge in [-0.15, -0.1) is 11.8 Å². The van der Waals surface area contributed by atoms with Gasteiger partial charge in [0, 0.05) is 12.0 Å². The van der Waals surface area contributed by atoms with Crippen LogP contribution in [0.3, 0.4) is 0 Å². The Morgan fingerprint density at radius 2 is 1.57 bits per heavy atom. The molecule has 0 aliphatic carbocycles. The SMILES string of the molecule is Cc1ccc(S(=O)(=O)OCC2C(=O)N(C(C)(C)C)N=CC2SCc2ccc(C(C)(C)C)cc2)cc1. The highest BCUT2D eigenvalue weighted by Crippen LogP contribution is 2.32. The van der Waals surface area contributed by atoms with Crippen LogP contribution in [0.5, 0.6) is 0 Å². The van der Waals surface area contributed by atoms with Gasteiger partial charge in [-0.2, -0.15) is 13.5 Å². The van der Waals surface area contributed by atoms with Crippen molar-refractivity contribution < 1.29 is 17.4 Å². The quantitative estimate of drug-likeness (QED) is 0.452. The van der Waals surface area contributed by atoms with Crippen LogP contribution in [0.2, 0.25) is 0 Å². The molecule has 0 saturated heterocycles. The molecule has 0 N–H and O–H groups in total. The number of hydrazone groups is 1. The third-order valence-electron chi connectivity index (χ3n) is 5.86. The van der Waals surface area contributed by atoms with Crippen molar-refractivity contribution in [2.45, 2.75) is 75.3 Å². The Morgan fingerprint density at radius 1 is 0.971 bits per heavy atom. The number of carbonyl (C=O) groups excluding carboxylic acids is 1. The molecule has 190 valence electrons. The Hall–Kier alpha value is -2.16. The first-order valence-electron chi connectivity index (χ1n) is 11.7. The Balaban J connectivity index is 1.77. The molecule has 1 heterocycles. The highest BCUT2D eigenvalue weighted by Gasteiger charge is 2.40. The van der Waals surface area contributed by atoms with Gasteiger partial charge >= 0.3 is 0 Å². The minimum atomic E-state index is -3.99. The predicted octanol–water partition coefficient (Wildman–Crippen LogP) is 5.54. The normalized spacial score (nSPS) is 19.3. The van der Waals surface area contributed by atoms with Crippen molar-refractivity contribution in [3.8, 4) is 0 Å². The summed E-state index contributed by atoms with van der Waals surface area (Å²) < 4.78 is 31.0. The standard InChI is InChI=1S/C27H36N2O4S2/c1-19-8-14-22(15-9-19)35(31,32)33-17-23-24(16-28-29(25(23)30)27(5,6)7)34-18-20-10-12-21(13-11-20)26(2,3)4/h8-16,23-24H,17-18H2,1-7H3. The number of nitrogens with zero attached hydrogens (tertiary/aromatic N) is 2. The molecule has 2 unspecified atom stereocenters. The second-order valence-electron chi connectivity index (χ2n) is 11.0. The smallest absolute Gasteiger partial charge is 0.272 e. The van der Waals surface area contributed by atoms with Crippen molar-refractivity contribution in [2.75, 3.05) is 6.61 Å². The number of hydrogen-bond donors (Lipinski definition) is 0. The molecule has 1 aliphatic heterocycles. The summed E-state index contributed by atoms with van der Waals surface area (Å²) in [6, 6.07) is 14.9. The average Bonchev–Trinajstić information content (AvgIpc) is 2.76. The number of aryl methyl sites for hydroxylation is 1. The van der Waals surface area contributed by atoms with E-state index in [2.05, 4.69) is 50.1 Å². The van der Waals surface area contributed by atoms with Gasteiger partial charge in [0.1, 0.15) is 0 Å². The molecule has 2 atom stereocenters. The van der Waals surface area contributed by atoms with Crippen LogP contribution in [-0.4, -0.2) is 42.9 Å². The Labute approximate surface area is 214 Å². The maximum Gasteiger partial charge on any atom is 0.296 e. The van der Waals surface area contributed by atoms with E-state index in [-0.39, 0.29) is 28.1 Å². The molecule has 0 radical (unpaired) electrons. The molecular weight excluding hydrogens is 480 g/mol. The largest absolute Gasteiger partial charge is 0.296 e. The highest BCUT2D eigenvalue weighted by atomic mass is 32.2. The maximum absolute atomic E-state index is 13.4. The topological polar surface area (TPSA) is 76.0 Å². The summed E-state index contributed by atoms with van der Waals surface area (Å²) in [5.41, 5.74) is 2.90. The Kier molecular flexibility index (Phi) is 8.19. The number of benzene rings is 2. The van der Waals surface area contributed by atoms with Crippen molar-refractivity contribution in [3.05, 3.63) is 65.2 Å². The molecule has 0 bridgehead atoms. The van der Waals surface area contributed by atoms with E-state index in [4.69, 9.17) is 4.18 Å². The molecule has 0 saturated carbocycles. The van der Waals surface area contributed by atoms with Crippen molar-refractivity contribution in [1.82, 2.24) is 5.01 Å². The van der Waals surface area contributed by atoms with Gasteiger partial charge in [0.05, 0.1) is 28.2 Å². The number of amides is 1. The first-order valence-corrected chi connectivity index (χ1v) is 14.2. The zero-order chi connectivity index (χ0) is 26.0. The molecule has 0 fully saturated rings. The van der Waals surface area contributed by atoms with E-state index in [0.717, 1.165) is 11.1 Å². The van der Waals surface area contributed by atoms with E-state index < -0.39 is 21.6 Å². The van der Waals surface area contributed by atoms with Crippen molar-refractivity contribution >= 4 is 34.0 Å². The highest BCUT2D eigenvalue weighted by molar-refractivity contribution is 7.99.